The number of ether oxygens (including phenoxy) is 1. The van der Waals surface area contributed by atoms with Crippen molar-refractivity contribution < 1.29 is 22.7 Å². The van der Waals surface area contributed by atoms with Crippen molar-refractivity contribution in [1.82, 2.24) is 24.9 Å². The van der Waals surface area contributed by atoms with Crippen LogP contribution < -0.4 is 4.74 Å². The van der Waals surface area contributed by atoms with Gasteiger partial charge in [-0.2, -0.15) is 0 Å². The van der Waals surface area contributed by atoms with Gasteiger partial charge in [-0.25, -0.2) is 9.67 Å². The monoisotopic (exact) mass is 365 g/mol. The van der Waals surface area contributed by atoms with Crippen molar-refractivity contribution in [3.8, 4) is 5.75 Å². The lowest BCUT2D eigenvalue weighted by Crippen LogP contribution is -2.26. The smallest absolute Gasteiger partial charge is 0.406 e. The summed E-state index contributed by atoms with van der Waals surface area (Å²) in [6, 6.07) is 6.93. The molecule has 0 spiro atoms. The molecule has 26 heavy (non-hydrogen) atoms. The summed E-state index contributed by atoms with van der Waals surface area (Å²) in [6.07, 6.45) is -3.30. The Morgan fingerprint density at radius 3 is 2.62 bits per heavy atom. The maximum absolute atomic E-state index is 12.5. The summed E-state index contributed by atoms with van der Waals surface area (Å²) in [5, 5.41) is 7.75. The second-order valence-corrected chi connectivity index (χ2v) is 5.63. The number of aromatic nitrogens is 4. The molecule has 7 nitrogen and oxygen atoms in total. The average molecular weight is 365 g/mol. The maximum atomic E-state index is 12.5. The van der Waals surface area contributed by atoms with E-state index in [0.717, 1.165) is 0 Å². The van der Waals surface area contributed by atoms with Crippen molar-refractivity contribution in [2.75, 3.05) is 7.05 Å². The van der Waals surface area contributed by atoms with E-state index in [4.69, 9.17) is 0 Å². The highest BCUT2D eigenvalue weighted by Gasteiger charge is 2.31. The number of aryl methyl sites for hydroxylation is 1. The molecule has 0 aliphatic rings. The number of hydrogen-bond acceptors (Lipinski definition) is 5. The third-order valence-corrected chi connectivity index (χ3v) is 3.61. The highest BCUT2D eigenvalue weighted by molar-refractivity contribution is 5.96. The number of carbonyl (C=O) groups is 1. The highest BCUT2D eigenvalue weighted by atomic mass is 19.4. The van der Waals surface area contributed by atoms with Crippen LogP contribution in [-0.4, -0.2) is 44.2 Å². The molecule has 3 aromatic rings. The zero-order valence-electron chi connectivity index (χ0n) is 13.9. The summed E-state index contributed by atoms with van der Waals surface area (Å²) >= 11 is 0. The molecule has 0 unspecified atom stereocenters. The van der Waals surface area contributed by atoms with Crippen molar-refractivity contribution in [3.05, 3.63) is 47.7 Å². The first-order valence-electron chi connectivity index (χ1n) is 7.48. The van der Waals surface area contributed by atoms with E-state index in [-0.39, 0.29) is 18.2 Å². The third kappa shape index (κ3) is 3.90. The molecule has 1 amide bonds. The fourth-order valence-electron chi connectivity index (χ4n) is 2.41. The summed E-state index contributed by atoms with van der Waals surface area (Å²) in [4.78, 5) is 18.1. The number of benzene rings is 1. The summed E-state index contributed by atoms with van der Waals surface area (Å²) in [7, 11) is 3.28. The Labute approximate surface area is 146 Å². The second kappa shape index (κ2) is 6.62. The molecule has 3 rings (SSSR count). The van der Waals surface area contributed by atoms with Crippen molar-refractivity contribution in [2.45, 2.75) is 12.9 Å². The minimum absolute atomic E-state index is 0.212. The van der Waals surface area contributed by atoms with Crippen LogP contribution in [0.5, 0.6) is 5.75 Å². The Morgan fingerprint density at radius 1 is 1.27 bits per heavy atom. The molecule has 0 radical (unpaired) electrons. The van der Waals surface area contributed by atoms with Gasteiger partial charge in [-0.3, -0.25) is 4.79 Å². The number of halogens is 3. The van der Waals surface area contributed by atoms with Gasteiger partial charge in [0, 0.05) is 26.8 Å². The second-order valence-electron chi connectivity index (χ2n) is 5.63. The van der Waals surface area contributed by atoms with Gasteiger partial charge in [-0.05, 0) is 23.8 Å². The van der Waals surface area contributed by atoms with E-state index in [0.29, 0.717) is 22.3 Å². The fourth-order valence-corrected chi connectivity index (χ4v) is 2.41. The zero-order valence-corrected chi connectivity index (χ0v) is 13.9. The topological polar surface area (TPSA) is 73.1 Å². The Morgan fingerprint density at radius 2 is 1.96 bits per heavy atom. The van der Waals surface area contributed by atoms with Gasteiger partial charge in [-0.1, -0.05) is 17.3 Å². The van der Waals surface area contributed by atoms with Gasteiger partial charge >= 0.3 is 6.36 Å². The van der Waals surface area contributed by atoms with Crippen LogP contribution in [0.4, 0.5) is 13.2 Å². The van der Waals surface area contributed by atoms with Gasteiger partial charge in [0.25, 0.3) is 5.91 Å². The van der Waals surface area contributed by atoms with Gasteiger partial charge < -0.3 is 9.64 Å². The number of hydrogen-bond donors (Lipinski definition) is 0. The molecule has 0 fully saturated rings. The number of carbonyl (C=O) groups excluding carboxylic acids is 1. The minimum Gasteiger partial charge on any atom is -0.406 e. The van der Waals surface area contributed by atoms with Gasteiger partial charge in [-0.15, -0.1) is 18.3 Å². The number of amides is 1. The SMILES string of the molecule is CN(Cc1ccc(OC(F)(F)F)cc1)C(=O)c1cnc2c(c1)nnn2C. The third-order valence-electron chi connectivity index (χ3n) is 3.61. The molecule has 0 aliphatic heterocycles. The van der Waals surface area contributed by atoms with Crippen LogP contribution in [0.1, 0.15) is 15.9 Å². The van der Waals surface area contributed by atoms with E-state index >= 15 is 0 Å². The molecule has 136 valence electrons. The Hall–Kier alpha value is -3.17. The average Bonchev–Trinajstić information content (AvgIpc) is 2.95. The first kappa shape index (κ1) is 17.6. The van der Waals surface area contributed by atoms with E-state index in [9.17, 15) is 18.0 Å². The van der Waals surface area contributed by atoms with Crippen LogP contribution >= 0.6 is 0 Å². The van der Waals surface area contributed by atoms with Crippen LogP contribution in [0.2, 0.25) is 0 Å². The molecular weight excluding hydrogens is 351 g/mol. The van der Waals surface area contributed by atoms with E-state index < -0.39 is 6.36 Å². The number of alkyl halides is 3. The predicted octanol–water partition coefficient (Wildman–Crippen LogP) is 2.53. The highest BCUT2D eigenvalue weighted by Crippen LogP contribution is 2.23. The van der Waals surface area contributed by atoms with Gasteiger partial charge in [0.05, 0.1) is 5.56 Å². The Balaban J connectivity index is 1.70. The lowest BCUT2D eigenvalue weighted by molar-refractivity contribution is -0.274. The summed E-state index contributed by atoms with van der Waals surface area (Å²) < 4.78 is 41.8. The van der Waals surface area contributed by atoms with Gasteiger partial charge in [0.15, 0.2) is 5.65 Å². The molecule has 0 saturated heterocycles. The van der Waals surface area contributed by atoms with E-state index in [1.807, 2.05) is 0 Å². The van der Waals surface area contributed by atoms with Crippen molar-refractivity contribution in [1.29, 1.82) is 0 Å². The Bertz CT molecular complexity index is 937. The van der Waals surface area contributed by atoms with E-state index in [1.54, 1.807) is 20.2 Å². The van der Waals surface area contributed by atoms with E-state index in [2.05, 4.69) is 20.0 Å². The molecular formula is C16H14F3N5O2. The lowest BCUT2D eigenvalue weighted by atomic mass is 10.2. The van der Waals surface area contributed by atoms with Crippen LogP contribution in [0.15, 0.2) is 36.5 Å². The molecule has 0 atom stereocenters. The van der Waals surface area contributed by atoms with Gasteiger partial charge in [0.2, 0.25) is 0 Å². The minimum atomic E-state index is -4.74. The molecule has 10 heteroatoms. The summed E-state index contributed by atoms with van der Waals surface area (Å²) in [5.41, 5.74) is 2.06. The first-order valence-corrected chi connectivity index (χ1v) is 7.48. The van der Waals surface area contributed by atoms with Crippen LogP contribution in [-0.2, 0) is 13.6 Å². The molecule has 2 aromatic heterocycles. The number of rotatable bonds is 4. The summed E-state index contributed by atoms with van der Waals surface area (Å²) in [5.74, 6) is -0.604. The maximum Gasteiger partial charge on any atom is 0.573 e. The van der Waals surface area contributed by atoms with E-state index in [1.165, 1.54) is 40.0 Å². The fraction of sp³-hybridized carbons (Fsp3) is 0.250. The van der Waals surface area contributed by atoms with Crippen molar-refractivity contribution in [3.63, 3.8) is 0 Å². The lowest BCUT2D eigenvalue weighted by Gasteiger charge is -2.17. The number of nitrogens with zero attached hydrogens (tertiary/aromatic N) is 5. The normalized spacial score (nSPS) is 11.6. The molecule has 1 aromatic carbocycles. The van der Waals surface area contributed by atoms with Crippen molar-refractivity contribution in [2.24, 2.45) is 7.05 Å². The quantitative estimate of drug-likeness (QED) is 0.710. The largest absolute Gasteiger partial charge is 0.573 e. The number of fused-ring (bicyclic) bond motifs is 1. The number of pyridine rings is 1. The molecule has 0 bridgehead atoms. The van der Waals surface area contributed by atoms with Crippen LogP contribution in [0.25, 0.3) is 11.2 Å². The first-order chi connectivity index (χ1) is 12.2. The van der Waals surface area contributed by atoms with Crippen LogP contribution in [0, 0.1) is 0 Å². The zero-order chi connectivity index (χ0) is 18.9. The molecule has 0 saturated carbocycles. The van der Waals surface area contributed by atoms with Crippen molar-refractivity contribution >= 4 is 17.1 Å². The van der Waals surface area contributed by atoms with Crippen LogP contribution in [0.3, 0.4) is 0 Å². The standard InChI is InChI=1S/C16H14F3N5O2/c1-23(9-10-3-5-12(6-4-10)26-16(17,18)19)15(25)11-7-13-14(20-8-11)24(2)22-21-13/h3-8H,9H2,1-2H3. The van der Waals surface area contributed by atoms with Gasteiger partial charge in [0.1, 0.15) is 11.3 Å². The predicted molar refractivity (Wildman–Crippen MR) is 85.2 cm³/mol. The summed E-state index contributed by atoms with van der Waals surface area (Å²) in [6.45, 7) is 0.212. The molecule has 2 heterocycles. The molecule has 0 aliphatic carbocycles. The molecule has 0 N–H and O–H groups in total. The Kier molecular flexibility index (Phi) is 4.49.